The van der Waals surface area contributed by atoms with Gasteiger partial charge in [0.15, 0.2) is 5.76 Å². The minimum absolute atomic E-state index is 0.0552. The monoisotopic (exact) mass is 320 g/mol. The molecule has 0 aromatic heterocycles. The molecule has 3 aliphatic rings. The number of aliphatic hydroxyl groups is 4. The van der Waals surface area contributed by atoms with Crippen molar-refractivity contribution in [2.75, 3.05) is 0 Å². The topological polar surface area (TPSA) is 98.0 Å². The summed E-state index contributed by atoms with van der Waals surface area (Å²) in [6.07, 6.45) is 2.52. The molecule has 5 nitrogen and oxygen atoms in total. The Kier molecular flexibility index (Phi) is 3.59. The van der Waals surface area contributed by atoms with Crippen LogP contribution in [0.15, 0.2) is 35.6 Å². The van der Waals surface area contributed by atoms with Gasteiger partial charge in [-0.2, -0.15) is 0 Å². The average molecular weight is 320 g/mol. The van der Waals surface area contributed by atoms with Gasteiger partial charge in [0.1, 0.15) is 5.60 Å². The molecule has 1 saturated carbocycles. The van der Waals surface area contributed by atoms with Gasteiger partial charge in [-0.15, -0.1) is 6.58 Å². The summed E-state index contributed by atoms with van der Waals surface area (Å²) in [6.45, 7) is 7.19. The number of hydrogen-bond donors (Lipinski definition) is 4. The van der Waals surface area contributed by atoms with E-state index in [1.165, 1.54) is 0 Å². The van der Waals surface area contributed by atoms with Gasteiger partial charge in [0.25, 0.3) is 0 Å². The Labute approximate surface area is 135 Å². The second-order valence-electron chi connectivity index (χ2n) is 7.52. The van der Waals surface area contributed by atoms with Gasteiger partial charge in [-0.1, -0.05) is 26.0 Å². The number of hydrogen-bond acceptors (Lipinski definition) is 5. The molecule has 0 bridgehead atoms. The molecule has 0 aromatic carbocycles. The molecule has 0 heterocycles. The average Bonchev–Trinajstić information content (AvgIpc) is 2.49. The molecular weight excluding hydrogens is 296 g/mol. The third kappa shape index (κ3) is 2.00. The van der Waals surface area contributed by atoms with E-state index in [9.17, 15) is 25.2 Å². The molecule has 0 radical (unpaired) electrons. The van der Waals surface area contributed by atoms with Gasteiger partial charge in [-0.25, -0.2) is 0 Å². The van der Waals surface area contributed by atoms with Crippen LogP contribution < -0.4 is 0 Å². The summed E-state index contributed by atoms with van der Waals surface area (Å²) in [5.41, 5.74) is -2.13. The second-order valence-corrected chi connectivity index (χ2v) is 7.52. The van der Waals surface area contributed by atoms with Gasteiger partial charge in [0.2, 0.25) is 5.78 Å². The lowest BCUT2D eigenvalue weighted by atomic mass is 9.53. The molecule has 0 saturated heterocycles. The van der Waals surface area contributed by atoms with Crippen LogP contribution in [-0.2, 0) is 4.79 Å². The number of carbonyl (C=O) groups excluding carboxylic acids is 1. The smallest absolute Gasteiger partial charge is 0.225 e. The van der Waals surface area contributed by atoms with Crippen molar-refractivity contribution >= 4 is 5.78 Å². The van der Waals surface area contributed by atoms with Crippen LogP contribution in [0.5, 0.6) is 0 Å². The molecule has 126 valence electrons. The van der Waals surface area contributed by atoms with Crippen molar-refractivity contribution in [1.82, 2.24) is 0 Å². The Hall–Kier alpha value is -1.43. The van der Waals surface area contributed by atoms with Crippen molar-refractivity contribution in [3.8, 4) is 0 Å². The quantitative estimate of drug-likeness (QED) is 0.548. The van der Waals surface area contributed by atoms with E-state index in [4.69, 9.17) is 0 Å². The first-order valence-electron chi connectivity index (χ1n) is 8.07. The van der Waals surface area contributed by atoms with Crippen LogP contribution in [0.3, 0.4) is 0 Å². The molecule has 3 rings (SSSR count). The number of rotatable bonds is 1. The Bertz CT molecular complexity index is 629. The van der Waals surface area contributed by atoms with E-state index in [0.29, 0.717) is 18.4 Å². The number of aliphatic hydroxyl groups excluding tert-OH is 3. The van der Waals surface area contributed by atoms with Gasteiger partial charge >= 0.3 is 0 Å². The van der Waals surface area contributed by atoms with E-state index in [0.717, 1.165) is 0 Å². The first-order valence-corrected chi connectivity index (χ1v) is 8.07. The van der Waals surface area contributed by atoms with E-state index in [2.05, 4.69) is 6.58 Å². The summed E-state index contributed by atoms with van der Waals surface area (Å²) >= 11 is 0. The number of allylic oxidation sites excluding steroid dienone is 3. The maximum Gasteiger partial charge on any atom is 0.225 e. The van der Waals surface area contributed by atoms with E-state index in [1.54, 1.807) is 26.0 Å². The summed E-state index contributed by atoms with van der Waals surface area (Å²) in [7, 11) is 0. The molecule has 5 heteroatoms. The van der Waals surface area contributed by atoms with Gasteiger partial charge in [0, 0.05) is 16.9 Å². The third-order valence-electron chi connectivity index (χ3n) is 5.97. The molecule has 3 aliphatic carbocycles. The van der Waals surface area contributed by atoms with Crippen LogP contribution >= 0.6 is 0 Å². The van der Waals surface area contributed by atoms with E-state index >= 15 is 0 Å². The Balaban J connectivity index is 2.24. The van der Waals surface area contributed by atoms with Crippen molar-refractivity contribution in [3.63, 3.8) is 0 Å². The zero-order valence-electron chi connectivity index (χ0n) is 13.5. The van der Waals surface area contributed by atoms with Crippen molar-refractivity contribution in [3.05, 3.63) is 35.6 Å². The highest BCUT2D eigenvalue weighted by Gasteiger charge is 2.60. The van der Waals surface area contributed by atoms with Gasteiger partial charge in [0.05, 0.1) is 12.2 Å². The van der Waals surface area contributed by atoms with Crippen LogP contribution in [0, 0.1) is 17.3 Å². The van der Waals surface area contributed by atoms with Crippen LogP contribution in [-0.4, -0.2) is 44.0 Å². The first kappa shape index (κ1) is 16.4. The van der Waals surface area contributed by atoms with Crippen LogP contribution in [0.2, 0.25) is 0 Å². The minimum atomic E-state index is -1.71. The van der Waals surface area contributed by atoms with Crippen molar-refractivity contribution in [2.45, 2.75) is 50.9 Å². The van der Waals surface area contributed by atoms with Crippen LogP contribution in [0.1, 0.15) is 33.1 Å². The minimum Gasteiger partial charge on any atom is -0.504 e. The fourth-order valence-electron chi connectivity index (χ4n) is 4.49. The lowest BCUT2D eigenvalue weighted by molar-refractivity contribution is -0.137. The standard InChI is InChI=1S/C18H24O5/c1-4-9-7-11-15(21)16(22)14-10(18(11,23)13(20)8-9)5-6-12(19)17(14,2)3/h4,7,9-10,12-13,19-20,22-23H,1,5-6,8H2,2-3H3/t9-,10-,12+,13+,18-/m0/s1. The molecule has 1 fully saturated rings. The predicted molar refractivity (Wildman–Crippen MR) is 84.5 cm³/mol. The third-order valence-corrected chi connectivity index (χ3v) is 5.97. The van der Waals surface area contributed by atoms with Crippen molar-refractivity contribution < 1.29 is 25.2 Å². The maximum atomic E-state index is 12.7. The highest BCUT2D eigenvalue weighted by Crippen LogP contribution is 2.56. The highest BCUT2D eigenvalue weighted by atomic mass is 16.3. The normalized spacial score (nSPS) is 42.7. The first-order chi connectivity index (χ1) is 10.7. The molecule has 0 aromatic rings. The fraction of sp³-hybridized carbons (Fsp3) is 0.611. The van der Waals surface area contributed by atoms with Crippen LogP contribution in [0.25, 0.3) is 0 Å². The van der Waals surface area contributed by atoms with E-state index < -0.39 is 40.7 Å². The summed E-state index contributed by atoms with van der Waals surface area (Å²) in [5.74, 6) is -1.86. The molecule has 0 unspecified atom stereocenters. The summed E-state index contributed by atoms with van der Waals surface area (Å²) < 4.78 is 0. The second kappa shape index (κ2) is 5.03. The molecule has 0 spiro atoms. The van der Waals surface area contributed by atoms with Gasteiger partial charge < -0.3 is 20.4 Å². The Morgan fingerprint density at radius 2 is 1.91 bits per heavy atom. The summed E-state index contributed by atoms with van der Waals surface area (Å²) in [4.78, 5) is 12.7. The van der Waals surface area contributed by atoms with Crippen LogP contribution in [0.4, 0.5) is 0 Å². The Morgan fingerprint density at radius 1 is 1.26 bits per heavy atom. The van der Waals surface area contributed by atoms with Crippen molar-refractivity contribution in [2.24, 2.45) is 17.3 Å². The lowest BCUT2D eigenvalue weighted by Gasteiger charge is -2.54. The number of carbonyl (C=O) groups is 1. The number of ketones is 1. The van der Waals surface area contributed by atoms with Gasteiger partial charge in [-0.05, 0) is 30.8 Å². The lowest BCUT2D eigenvalue weighted by Crippen LogP contribution is -2.61. The zero-order valence-corrected chi connectivity index (χ0v) is 13.5. The maximum absolute atomic E-state index is 12.7. The number of fused-ring (bicyclic) bond motifs is 3. The molecule has 0 aliphatic heterocycles. The predicted octanol–water partition coefficient (Wildman–Crippen LogP) is 1.40. The largest absolute Gasteiger partial charge is 0.504 e. The van der Waals surface area contributed by atoms with E-state index in [-0.39, 0.29) is 17.9 Å². The number of Topliss-reactive ketones (excluding diaryl/α,β-unsaturated/α-hetero) is 1. The fourth-order valence-corrected chi connectivity index (χ4v) is 4.49. The summed E-state index contributed by atoms with van der Waals surface area (Å²) in [5, 5.41) is 42.6. The molecular formula is C18H24O5. The molecule has 4 N–H and O–H groups in total. The molecule has 23 heavy (non-hydrogen) atoms. The zero-order chi connectivity index (χ0) is 17.2. The Morgan fingerprint density at radius 3 is 2.52 bits per heavy atom. The summed E-state index contributed by atoms with van der Waals surface area (Å²) in [6, 6.07) is 0. The highest BCUT2D eigenvalue weighted by molar-refractivity contribution is 6.10. The van der Waals surface area contributed by atoms with Gasteiger partial charge in [-0.3, -0.25) is 4.79 Å². The SMILES string of the molecule is C=C[C@H]1C=C2C(=O)C(O)=C3[C@H](CC[C@@H](O)C3(C)C)[C@@]2(O)[C@H](O)C1. The van der Waals surface area contributed by atoms with Crippen molar-refractivity contribution in [1.29, 1.82) is 0 Å². The molecule has 0 amide bonds. The van der Waals surface area contributed by atoms with E-state index in [1.807, 2.05) is 0 Å². The molecule has 5 atom stereocenters.